The summed E-state index contributed by atoms with van der Waals surface area (Å²) in [6, 6.07) is 22.9. The van der Waals surface area contributed by atoms with Crippen LogP contribution in [0.5, 0.6) is 5.75 Å². The summed E-state index contributed by atoms with van der Waals surface area (Å²) >= 11 is 0. The van der Waals surface area contributed by atoms with Gasteiger partial charge in [-0.3, -0.25) is 9.59 Å². The molecule has 0 atom stereocenters. The third-order valence-corrected chi connectivity index (χ3v) is 5.38. The summed E-state index contributed by atoms with van der Waals surface area (Å²) in [6.07, 6.45) is 1.44. The summed E-state index contributed by atoms with van der Waals surface area (Å²) in [6.45, 7) is 3.96. The fraction of sp³-hybridized carbons (Fsp3) is 0.207. The Morgan fingerprint density at radius 1 is 0.944 bits per heavy atom. The van der Waals surface area contributed by atoms with Crippen molar-refractivity contribution >= 4 is 28.5 Å². The predicted molar refractivity (Wildman–Crippen MR) is 138 cm³/mol. The summed E-state index contributed by atoms with van der Waals surface area (Å²) in [5.74, 6) is -0.693. The lowest BCUT2D eigenvalue weighted by Crippen LogP contribution is -2.16. The molecule has 184 valence electrons. The maximum atomic E-state index is 12.9. The molecule has 0 aliphatic carbocycles. The Bertz CT molecular complexity index is 1410. The molecule has 0 fully saturated rings. The number of hydrogen-bond acceptors (Lipinski definition) is 6. The zero-order valence-electron chi connectivity index (χ0n) is 20.2. The molecule has 36 heavy (non-hydrogen) atoms. The van der Waals surface area contributed by atoms with Gasteiger partial charge in [0.25, 0.3) is 5.91 Å². The van der Waals surface area contributed by atoms with Crippen molar-refractivity contribution in [3.63, 3.8) is 0 Å². The van der Waals surface area contributed by atoms with Crippen molar-refractivity contribution in [2.75, 3.05) is 11.9 Å². The molecule has 0 spiro atoms. The van der Waals surface area contributed by atoms with Crippen LogP contribution >= 0.6 is 0 Å². The van der Waals surface area contributed by atoms with E-state index in [-0.39, 0.29) is 28.5 Å². The van der Waals surface area contributed by atoms with Crippen molar-refractivity contribution in [3.05, 3.63) is 106 Å². The van der Waals surface area contributed by atoms with Gasteiger partial charge in [0.15, 0.2) is 11.0 Å². The molecule has 1 amide bonds. The molecule has 0 saturated carbocycles. The van der Waals surface area contributed by atoms with Gasteiger partial charge in [0.1, 0.15) is 5.75 Å². The van der Waals surface area contributed by atoms with Crippen molar-refractivity contribution < 1.29 is 23.5 Å². The first-order valence-corrected chi connectivity index (χ1v) is 11.8. The second-order valence-electron chi connectivity index (χ2n) is 8.53. The highest BCUT2D eigenvalue weighted by Crippen LogP contribution is 2.24. The number of rotatable bonds is 9. The van der Waals surface area contributed by atoms with Gasteiger partial charge in [-0.1, -0.05) is 36.4 Å². The lowest BCUT2D eigenvalue weighted by atomic mass is 10.1. The first kappa shape index (κ1) is 24.7. The van der Waals surface area contributed by atoms with Gasteiger partial charge in [-0.15, -0.1) is 0 Å². The van der Waals surface area contributed by atoms with Crippen LogP contribution in [0.3, 0.4) is 0 Å². The highest BCUT2D eigenvalue weighted by Gasteiger charge is 2.18. The van der Waals surface area contributed by atoms with Gasteiger partial charge in [-0.2, -0.15) is 0 Å². The van der Waals surface area contributed by atoms with Gasteiger partial charge >= 0.3 is 5.97 Å². The Labute approximate surface area is 208 Å². The first-order valence-electron chi connectivity index (χ1n) is 11.8. The summed E-state index contributed by atoms with van der Waals surface area (Å²) in [5, 5.41) is 3.00. The van der Waals surface area contributed by atoms with Crippen LogP contribution in [0.25, 0.3) is 11.0 Å². The number of nitrogens with one attached hydrogen (secondary N) is 1. The minimum atomic E-state index is -0.746. The fourth-order valence-electron chi connectivity index (χ4n) is 3.66. The summed E-state index contributed by atoms with van der Waals surface area (Å²) in [5.41, 5.74) is 1.64. The zero-order chi connectivity index (χ0) is 25.5. The van der Waals surface area contributed by atoms with Crippen LogP contribution in [0.4, 0.5) is 5.69 Å². The number of benzene rings is 3. The minimum absolute atomic E-state index is 0.104. The third kappa shape index (κ3) is 6.18. The van der Waals surface area contributed by atoms with E-state index >= 15 is 0 Å². The monoisotopic (exact) mass is 485 g/mol. The SMILES string of the molecule is CC(C)OC(=O)c1cc(=O)c2cccc(NC(=O)c3ccc(OCCCc4ccccc4)cc3)c2o1. The Hall–Kier alpha value is -4.39. The van der Waals surface area contributed by atoms with Crippen LogP contribution in [-0.2, 0) is 11.2 Å². The Morgan fingerprint density at radius 3 is 2.42 bits per heavy atom. The van der Waals surface area contributed by atoms with Crippen LogP contribution in [0, 0.1) is 0 Å². The van der Waals surface area contributed by atoms with Crippen LogP contribution in [0.2, 0.25) is 0 Å². The number of hydrogen-bond donors (Lipinski definition) is 1. The molecule has 0 unspecified atom stereocenters. The number of fused-ring (bicyclic) bond motifs is 1. The molecule has 0 saturated heterocycles. The molecule has 0 aliphatic heterocycles. The van der Waals surface area contributed by atoms with Crippen molar-refractivity contribution in [2.24, 2.45) is 0 Å². The largest absolute Gasteiger partial charge is 0.494 e. The topological polar surface area (TPSA) is 94.8 Å². The van der Waals surface area contributed by atoms with Gasteiger partial charge in [0.2, 0.25) is 5.76 Å². The van der Waals surface area contributed by atoms with E-state index in [0.29, 0.717) is 17.9 Å². The number of carbonyl (C=O) groups excluding carboxylic acids is 2. The molecule has 3 aromatic carbocycles. The summed E-state index contributed by atoms with van der Waals surface area (Å²) in [7, 11) is 0. The molecule has 4 aromatic rings. The molecule has 1 aromatic heterocycles. The average Bonchev–Trinajstić information content (AvgIpc) is 2.87. The molecule has 7 nitrogen and oxygen atoms in total. The highest BCUT2D eigenvalue weighted by molar-refractivity contribution is 6.08. The van der Waals surface area contributed by atoms with Gasteiger partial charge in [-0.05, 0) is 68.7 Å². The molecule has 0 radical (unpaired) electrons. The maximum Gasteiger partial charge on any atom is 0.374 e. The molecular weight excluding hydrogens is 458 g/mol. The van der Waals surface area contributed by atoms with Crippen LogP contribution in [-0.4, -0.2) is 24.6 Å². The molecule has 1 N–H and O–H groups in total. The number of ether oxygens (including phenoxy) is 2. The second kappa shape index (κ2) is 11.4. The van der Waals surface area contributed by atoms with Crippen molar-refractivity contribution in [3.8, 4) is 5.75 Å². The van der Waals surface area contributed by atoms with Crippen molar-refractivity contribution in [1.82, 2.24) is 0 Å². The van der Waals surface area contributed by atoms with E-state index in [0.717, 1.165) is 18.9 Å². The molecule has 0 bridgehead atoms. The minimum Gasteiger partial charge on any atom is -0.494 e. The summed E-state index contributed by atoms with van der Waals surface area (Å²) in [4.78, 5) is 37.7. The number of aryl methyl sites for hydroxylation is 1. The molecular formula is C29H27NO6. The smallest absolute Gasteiger partial charge is 0.374 e. The van der Waals surface area contributed by atoms with E-state index < -0.39 is 17.3 Å². The Balaban J connectivity index is 1.42. The lowest BCUT2D eigenvalue weighted by molar-refractivity contribution is 0.0342. The van der Waals surface area contributed by atoms with E-state index in [9.17, 15) is 14.4 Å². The quantitative estimate of drug-likeness (QED) is 0.244. The number of carbonyl (C=O) groups is 2. The second-order valence-corrected chi connectivity index (χ2v) is 8.53. The number of para-hydroxylation sites is 1. The van der Waals surface area contributed by atoms with Gasteiger partial charge in [0, 0.05) is 11.6 Å². The predicted octanol–water partition coefficient (Wildman–Crippen LogP) is 5.62. The highest BCUT2D eigenvalue weighted by atomic mass is 16.6. The maximum absolute atomic E-state index is 12.9. The number of esters is 1. The van der Waals surface area contributed by atoms with Crippen LogP contribution in [0.1, 0.15) is 46.7 Å². The van der Waals surface area contributed by atoms with E-state index in [1.165, 1.54) is 5.56 Å². The molecule has 4 rings (SSSR count). The molecule has 7 heteroatoms. The van der Waals surface area contributed by atoms with Gasteiger partial charge in [-0.25, -0.2) is 4.79 Å². The summed E-state index contributed by atoms with van der Waals surface area (Å²) < 4.78 is 16.6. The Morgan fingerprint density at radius 2 is 1.69 bits per heavy atom. The van der Waals surface area contributed by atoms with E-state index in [2.05, 4.69) is 17.4 Å². The van der Waals surface area contributed by atoms with E-state index in [4.69, 9.17) is 13.9 Å². The van der Waals surface area contributed by atoms with Crippen LogP contribution < -0.4 is 15.5 Å². The Kier molecular flexibility index (Phi) is 7.80. The fourth-order valence-corrected chi connectivity index (χ4v) is 3.66. The standard InChI is InChI=1S/C29H27NO6/c1-19(2)35-29(33)26-18-25(31)23-11-6-12-24(27(23)36-26)30-28(32)21-13-15-22(16-14-21)34-17-7-10-20-8-4-3-5-9-20/h3-6,8-9,11-16,18-19H,7,10,17H2,1-2H3,(H,30,32). The van der Waals surface area contributed by atoms with Gasteiger partial charge < -0.3 is 19.2 Å². The van der Waals surface area contributed by atoms with Crippen molar-refractivity contribution in [1.29, 1.82) is 0 Å². The first-order chi connectivity index (χ1) is 17.4. The molecule has 0 aliphatic rings. The normalized spacial score (nSPS) is 10.9. The lowest BCUT2D eigenvalue weighted by Gasteiger charge is -2.11. The molecule has 1 heterocycles. The number of anilines is 1. The van der Waals surface area contributed by atoms with E-state index in [1.54, 1.807) is 56.3 Å². The van der Waals surface area contributed by atoms with E-state index in [1.807, 2.05) is 18.2 Å². The average molecular weight is 486 g/mol. The van der Waals surface area contributed by atoms with Crippen molar-refractivity contribution in [2.45, 2.75) is 32.8 Å². The zero-order valence-corrected chi connectivity index (χ0v) is 20.2. The third-order valence-electron chi connectivity index (χ3n) is 5.38. The number of amides is 1. The van der Waals surface area contributed by atoms with Crippen LogP contribution in [0.15, 0.2) is 88.1 Å². The van der Waals surface area contributed by atoms with Gasteiger partial charge in [0.05, 0.1) is 23.8 Å².